The van der Waals surface area contributed by atoms with Crippen LogP contribution in [0.1, 0.15) is 17.0 Å². The lowest BCUT2D eigenvalue weighted by Crippen LogP contribution is -2.23. The summed E-state index contributed by atoms with van der Waals surface area (Å²) < 4.78 is 29.1. The maximum Gasteiger partial charge on any atom is 0.242 e. The van der Waals surface area contributed by atoms with Gasteiger partial charge in [0.15, 0.2) is 5.65 Å². The maximum atomic E-state index is 12.4. The van der Waals surface area contributed by atoms with Crippen molar-refractivity contribution in [1.29, 1.82) is 0 Å². The molecular weight excluding hydrogens is 314 g/mol. The molecule has 7 nitrogen and oxygen atoms in total. The van der Waals surface area contributed by atoms with E-state index in [4.69, 9.17) is 0 Å². The molecule has 0 bridgehead atoms. The van der Waals surface area contributed by atoms with E-state index in [2.05, 4.69) is 19.8 Å². The second-order valence-corrected chi connectivity index (χ2v) is 7.15. The number of aryl methyl sites for hydroxylation is 3. The van der Waals surface area contributed by atoms with Gasteiger partial charge in [0.05, 0.1) is 5.69 Å². The summed E-state index contributed by atoms with van der Waals surface area (Å²) in [6, 6.07) is 5.29. The zero-order valence-electron chi connectivity index (χ0n) is 13.1. The van der Waals surface area contributed by atoms with Crippen LogP contribution in [0.25, 0.3) is 11.0 Å². The van der Waals surface area contributed by atoms with Gasteiger partial charge in [0.25, 0.3) is 0 Å². The van der Waals surface area contributed by atoms with Crippen LogP contribution in [0.2, 0.25) is 0 Å². The molecule has 23 heavy (non-hydrogen) atoms. The summed E-state index contributed by atoms with van der Waals surface area (Å²) in [6.07, 6.45) is 3.00. The summed E-state index contributed by atoms with van der Waals surface area (Å²) >= 11 is 0. The average Bonchev–Trinajstić information content (AvgIpc) is 2.81. The Labute approximate surface area is 134 Å². The Morgan fingerprint density at radius 3 is 2.65 bits per heavy atom. The molecule has 120 valence electrons. The van der Waals surface area contributed by atoms with E-state index in [1.165, 1.54) is 6.20 Å². The van der Waals surface area contributed by atoms with Crippen LogP contribution >= 0.6 is 0 Å². The van der Waals surface area contributed by atoms with E-state index in [1.807, 2.05) is 26.0 Å². The van der Waals surface area contributed by atoms with Crippen molar-refractivity contribution >= 4 is 21.1 Å². The molecule has 0 saturated carbocycles. The molecule has 0 saturated heterocycles. The number of fused-ring (bicyclic) bond motifs is 1. The normalized spacial score (nSPS) is 12.0. The standard InChI is InChI=1S/C15H17N5O2S/c1-10-4-5-12(7-16-10)8-18-23(21,22)13-6-14-11(2)19-20(3)15(14)17-9-13/h4-7,9,18H,8H2,1-3H3. The third-order valence-electron chi connectivity index (χ3n) is 3.59. The fourth-order valence-electron chi connectivity index (χ4n) is 2.30. The topological polar surface area (TPSA) is 89.8 Å². The van der Waals surface area contributed by atoms with E-state index < -0.39 is 10.0 Å². The predicted octanol–water partition coefficient (Wildman–Crippen LogP) is 1.46. The van der Waals surface area contributed by atoms with Gasteiger partial charge in [-0.25, -0.2) is 18.1 Å². The molecule has 3 heterocycles. The van der Waals surface area contributed by atoms with Crippen LogP contribution in [0, 0.1) is 13.8 Å². The lowest BCUT2D eigenvalue weighted by atomic mass is 10.2. The molecule has 3 aromatic heterocycles. The van der Waals surface area contributed by atoms with Crippen LogP contribution < -0.4 is 4.72 Å². The number of hydrogen-bond donors (Lipinski definition) is 1. The monoisotopic (exact) mass is 331 g/mol. The summed E-state index contributed by atoms with van der Waals surface area (Å²) in [5, 5.41) is 4.97. The van der Waals surface area contributed by atoms with E-state index in [1.54, 1.807) is 24.0 Å². The third-order valence-corrected chi connectivity index (χ3v) is 4.96. The zero-order valence-corrected chi connectivity index (χ0v) is 13.9. The van der Waals surface area contributed by atoms with Gasteiger partial charge in [-0.05, 0) is 31.5 Å². The van der Waals surface area contributed by atoms with Crippen LogP contribution in [-0.4, -0.2) is 28.2 Å². The molecule has 0 aromatic carbocycles. The number of pyridine rings is 2. The molecule has 0 aliphatic rings. The van der Waals surface area contributed by atoms with Gasteiger partial charge in [-0.15, -0.1) is 0 Å². The number of rotatable bonds is 4. The first-order valence-electron chi connectivity index (χ1n) is 7.07. The van der Waals surface area contributed by atoms with Crippen molar-refractivity contribution < 1.29 is 8.42 Å². The molecular formula is C15H17N5O2S. The van der Waals surface area contributed by atoms with Gasteiger partial charge in [0.1, 0.15) is 4.90 Å². The van der Waals surface area contributed by atoms with Crippen molar-refractivity contribution in [1.82, 2.24) is 24.5 Å². The lowest BCUT2D eigenvalue weighted by Gasteiger charge is -2.07. The van der Waals surface area contributed by atoms with Crippen molar-refractivity contribution in [3.63, 3.8) is 0 Å². The highest BCUT2D eigenvalue weighted by atomic mass is 32.2. The van der Waals surface area contributed by atoms with Crippen LogP contribution in [0.5, 0.6) is 0 Å². The van der Waals surface area contributed by atoms with Crippen molar-refractivity contribution in [2.75, 3.05) is 0 Å². The van der Waals surface area contributed by atoms with Crippen LogP contribution in [0.4, 0.5) is 0 Å². The average molecular weight is 331 g/mol. The highest BCUT2D eigenvalue weighted by Crippen LogP contribution is 2.19. The first-order chi connectivity index (χ1) is 10.9. The molecule has 0 amide bonds. The van der Waals surface area contributed by atoms with Crippen LogP contribution in [0.15, 0.2) is 35.5 Å². The Morgan fingerprint density at radius 1 is 1.17 bits per heavy atom. The van der Waals surface area contributed by atoms with E-state index in [9.17, 15) is 8.42 Å². The smallest absolute Gasteiger partial charge is 0.242 e. The Kier molecular flexibility index (Phi) is 3.87. The lowest BCUT2D eigenvalue weighted by molar-refractivity contribution is 0.581. The fraction of sp³-hybridized carbons (Fsp3) is 0.267. The molecule has 3 aromatic rings. The van der Waals surface area contributed by atoms with Crippen molar-refractivity contribution in [2.24, 2.45) is 7.05 Å². The Balaban J connectivity index is 1.87. The number of aromatic nitrogens is 4. The molecule has 8 heteroatoms. The molecule has 0 aliphatic heterocycles. The fourth-order valence-corrected chi connectivity index (χ4v) is 3.29. The number of nitrogens with one attached hydrogen (secondary N) is 1. The quantitative estimate of drug-likeness (QED) is 0.782. The Morgan fingerprint density at radius 2 is 1.96 bits per heavy atom. The summed E-state index contributed by atoms with van der Waals surface area (Å²) in [5.74, 6) is 0. The van der Waals surface area contributed by atoms with Crippen LogP contribution in [0.3, 0.4) is 0 Å². The first kappa shape index (κ1) is 15.6. The highest BCUT2D eigenvalue weighted by Gasteiger charge is 2.17. The Hall–Kier alpha value is -2.32. The number of hydrogen-bond acceptors (Lipinski definition) is 5. The Bertz CT molecular complexity index is 961. The zero-order chi connectivity index (χ0) is 16.6. The maximum absolute atomic E-state index is 12.4. The molecule has 0 aliphatic carbocycles. The molecule has 1 N–H and O–H groups in total. The first-order valence-corrected chi connectivity index (χ1v) is 8.56. The molecule has 0 atom stereocenters. The van der Waals surface area contributed by atoms with E-state index in [0.29, 0.717) is 5.65 Å². The summed E-state index contributed by atoms with van der Waals surface area (Å²) in [7, 11) is -1.87. The second kappa shape index (κ2) is 5.71. The van der Waals surface area contributed by atoms with Crippen molar-refractivity contribution in [3.8, 4) is 0 Å². The van der Waals surface area contributed by atoms with Gasteiger partial charge in [0.2, 0.25) is 10.0 Å². The third kappa shape index (κ3) is 3.08. The van der Waals surface area contributed by atoms with Gasteiger partial charge in [0, 0.05) is 37.1 Å². The number of nitrogens with zero attached hydrogens (tertiary/aromatic N) is 4. The van der Waals surface area contributed by atoms with Gasteiger partial charge in [-0.2, -0.15) is 5.10 Å². The summed E-state index contributed by atoms with van der Waals surface area (Å²) in [4.78, 5) is 8.48. The summed E-state index contributed by atoms with van der Waals surface area (Å²) in [6.45, 7) is 3.89. The van der Waals surface area contributed by atoms with E-state index in [0.717, 1.165) is 22.3 Å². The van der Waals surface area contributed by atoms with Gasteiger partial charge in [-0.1, -0.05) is 6.07 Å². The van der Waals surface area contributed by atoms with Gasteiger partial charge >= 0.3 is 0 Å². The molecule has 3 rings (SSSR count). The molecule has 0 radical (unpaired) electrons. The van der Waals surface area contributed by atoms with Gasteiger partial charge < -0.3 is 0 Å². The largest absolute Gasteiger partial charge is 0.261 e. The minimum atomic E-state index is -3.64. The molecule has 0 fully saturated rings. The minimum Gasteiger partial charge on any atom is -0.261 e. The van der Waals surface area contributed by atoms with E-state index >= 15 is 0 Å². The van der Waals surface area contributed by atoms with Crippen molar-refractivity contribution in [3.05, 3.63) is 47.5 Å². The van der Waals surface area contributed by atoms with Crippen LogP contribution in [-0.2, 0) is 23.6 Å². The summed E-state index contributed by atoms with van der Waals surface area (Å²) in [5.41, 5.74) is 3.09. The number of sulfonamides is 1. The van der Waals surface area contributed by atoms with Crippen molar-refractivity contribution in [2.45, 2.75) is 25.3 Å². The van der Waals surface area contributed by atoms with Gasteiger partial charge in [-0.3, -0.25) is 9.67 Å². The highest BCUT2D eigenvalue weighted by molar-refractivity contribution is 7.89. The molecule has 0 spiro atoms. The second-order valence-electron chi connectivity index (χ2n) is 5.38. The minimum absolute atomic E-state index is 0.126. The molecule has 0 unspecified atom stereocenters. The predicted molar refractivity (Wildman–Crippen MR) is 86.2 cm³/mol. The SMILES string of the molecule is Cc1ccc(CNS(=O)(=O)c2cnc3c(c2)c(C)nn3C)cn1. The van der Waals surface area contributed by atoms with E-state index in [-0.39, 0.29) is 11.4 Å².